The molecule has 0 radical (unpaired) electrons. The summed E-state index contributed by atoms with van der Waals surface area (Å²) < 4.78 is 2.14. The van der Waals surface area contributed by atoms with E-state index in [4.69, 9.17) is 0 Å². The van der Waals surface area contributed by atoms with Gasteiger partial charge < -0.3 is 20.1 Å². The molecule has 0 saturated heterocycles. The molecule has 0 aliphatic carbocycles. The first-order valence-corrected chi connectivity index (χ1v) is 6.31. The number of aryl methyl sites for hydroxylation is 1. The van der Waals surface area contributed by atoms with Crippen molar-refractivity contribution >= 4 is 6.03 Å². The van der Waals surface area contributed by atoms with Gasteiger partial charge in [0.25, 0.3) is 0 Å². The Morgan fingerprint density at radius 1 is 1.44 bits per heavy atom. The van der Waals surface area contributed by atoms with Gasteiger partial charge in [-0.15, -0.1) is 0 Å². The lowest BCUT2D eigenvalue weighted by Crippen LogP contribution is -2.38. The number of carbonyl (C=O) groups excluding carboxylic acids is 1. The Morgan fingerprint density at radius 2 is 2.22 bits per heavy atom. The van der Waals surface area contributed by atoms with Crippen LogP contribution in [0.2, 0.25) is 0 Å². The average molecular weight is 253 g/mol. The molecule has 18 heavy (non-hydrogen) atoms. The van der Waals surface area contributed by atoms with Gasteiger partial charge in [-0.25, -0.2) is 9.78 Å². The standard InChI is InChI=1S/C12H23N5O/c1-4-8-17-9-7-14-11(17)10-13-5-6-15-12(18)16(2)3/h7,9,13H,4-6,8,10H2,1-3H3,(H,15,18). The van der Waals surface area contributed by atoms with Gasteiger partial charge in [0.1, 0.15) is 5.82 Å². The molecule has 0 fully saturated rings. The first kappa shape index (κ1) is 14.5. The largest absolute Gasteiger partial charge is 0.337 e. The van der Waals surface area contributed by atoms with E-state index in [2.05, 4.69) is 27.1 Å². The summed E-state index contributed by atoms with van der Waals surface area (Å²) in [7, 11) is 3.45. The molecule has 6 heteroatoms. The Morgan fingerprint density at radius 3 is 2.89 bits per heavy atom. The van der Waals surface area contributed by atoms with Crippen LogP contribution < -0.4 is 10.6 Å². The zero-order chi connectivity index (χ0) is 13.4. The Balaban J connectivity index is 2.17. The summed E-state index contributed by atoms with van der Waals surface area (Å²) in [5, 5.41) is 6.06. The van der Waals surface area contributed by atoms with Crippen LogP contribution in [0.5, 0.6) is 0 Å². The fourth-order valence-corrected chi connectivity index (χ4v) is 1.57. The quantitative estimate of drug-likeness (QED) is 0.702. The number of urea groups is 1. The lowest BCUT2D eigenvalue weighted by Gasteiger charge is -2.12. The highest BCUT2D eigenvalue weighted by Crippen LogP contribution is 1.98. The maximum absolute atomic E-state index is 11.2. The minimum absolute atomic E-state index is 0.0655. The van der Waals surface area contributed by atoms with Gasteiger partial charge in [0.2, 0.25) is 0 Å². The van der Waals surface area contributed by atoms with Gasteiger partial charge in [-0.05, 0) is 6.42 Å². The number of hydrogen-bond acceptors (Lipinski definition) is 3. The molecular formula is C12H23N5O. The third-order valence-corrected chi connectivity index (χ3v) is 2.53. The van der Waals surface area contributed by atoms with E-state index >= 15 is 0 Å². The molecule has 0 aromatic carbocycles. The van der Waals surface area contributed by atoms with Crippen LogP contribution in [0.1, 0.15) is 19.2 Å². The predicted molar refractivity (Wildman–Crippen MR) is 71.3 cm³/mol. The second-order valence-corrected chi connectivity index (χ2v) is 4.34. The summed E-state index contributed by atoms with van der Waals surface area (Å²) in [6, 6.07) is -0.0655. The fourth-order valence-electron chi connectivity index (χ4n) is 1.57. The third kappa shape index (κ3) is 4.75. The van der Waals surface area contributed by atoms with Crippen molar-refractivity contribution in [2.75, 3.05) is 27.2 Å². The Bertz CT molecular complexity index is 361. The number of hydrogen-bond donors (Lipinski definition) is 2. The highest BCUT2D eigenvalue weighted by molar-refractivity contribution is 5.73. The normalized spacial score (nSPS) is 10.4. The minimum atomic E-state index is -0.0655. The molecule has 0 unspecified atom stereocenters. The van der Waals surface area contributed by atoms with Crippen molar-refractivity contribution in [3.63, 3.8) is 0 Å². The van der Waals surface area contributed by atoms with Gasteiger partial charge in [0, 0.05) is 46.1 Å². The molecular weight excluding hydrogens is 230 g/mol. The van der Waals surface area contributed by atoms with Crippen molar-refractivity contribution in [1.29, 1.82) is 0 Å². The van der Waals surface area contributed by atoms with Gasteiger partial charge in [0.05, 0.1) is 6.54 Å². The SMILES string of the molecule is CCCn1ccnc1CNCCNC(=O)N(C)C. The molecule has 1 heterocycles. The molecule has 0 aliphatic heterocycles. The van der Waals surface area contributed by atoms with Gasteiger partial charge in [-0.2, -0.15) is 0 Å². The van der Waals surface area contributed by atoms with E-state index in [9.17, 15) is 4.79 Å². The van der Waals surface area contributed by atoms with Crippen LogP contribution in [0.3, 0.4) is 0 Å². The average Bonchev–Trinajstić information content (AvgIpc) is 2.76. The van der Waals surface area contributed by atoms with Crippen LogP contribution in [0.15, 0.2) is 12.4 Å². The predicted octanol–water partition coefficient (Wildman–Crippen LogP) is 0.654. The third-order valence-electron chi connectivity index (χ3n) is 2.53. The Labute approximate surface area is 108 Å². The number of nitrogens with one attached hydrogen (secondary N) is 2. The molecule has 1 rings (SSSR count). The fraction of sp³-hybridized carbons (Fsp3) is 0.667. The van der Waals surface area contributed by atoms with E-state index < -0.39 is 0 Å². The van der Waals surface area contributed by atoms with Crippen molar-refractivity contribution in [1.82, 2.24) is 25.1 Å². The first-order chi connectivity index (χ1) is 8.65. The summed E-state index contributed by atoms with van der Waals surface area (Å²) in [5.41, 5.74) is 0. The lowest BCUT2D eigenvalue weighted by atomic mass is 10.4. The van der Waals surface area contributed by atoms with E-state index in [1.54, 1.807) is 14.1 Å². The van der Waals surface area contributed by atoms with E-state index in [0.29, 0.717) is 6.54 Å². The summed E-state index contributed by atoms with van der Waals surface area (Å²) in [6.45, 7) is 5.22. The number of amides is 2. The summed E-state index contributed by atoms with van der Waals surface area (Å²) >= 11 is 0. The minimum Gasteiger partial charge on any atom is -0.337 e. The molecule has 1 aromatic heterocycles. The van der Waals surface area contributed by atoms with Crippen molar-refractivity contribution < 1.29 is 4.79 Å². The maximum Gasteiger partial charge on any atom is 0.316 e. The summed E-state index contributed by atoms with van der Waals surface area (Å²) in [5.74, 6) is 1.04. The second kappa shape index (κ2) is 7.71. The van der Waals surface area contributed by atoms with E-state index in [0.717, 1.165) is 31.9 Å². The molecule has 1 aromatic rings. The Hall–Kier alpha value is -1.56. The van der Waals surface area contributed by atoms with Crippen molar-refractivity contribution in [3.05, 3.63) is 18.2 Å². The van der Waals surface area contributed by atoms with Crippen molar-refractivity contribution in [2.45, 2.75) is 26.4 Å². The number of aromatic nitrogens is 2. The first-order valence-electron chi connectivity index (χ1n) is 6.31. The number of imidazole rings is 1. The molecule has 0 spiro atoms. The van der Waals surface area contributed by atoms with Gasteiger partial charge in [-0.3, -0.25) is 0 Å². The maximum atomic E-state index is 11.2. The molecule has 0 bridgehead atoms. The molecule has 0 aliphatic rings. The highest BCUT2D eigenvalue weighted by atomic mass is 16.2. The number of carbonyl (C=O) groups is 1. The summed E-state index contributed by atoms with van der Waals surface area (Å²) in [4.78, 5) is 17.1. The van der Waals surface area contributed by atoms with E-state index in [1.807, 2.05) is 12.4 Å². The Kier molecular flexibility index (Phi) is 6.21. The van der Waals surface area contributed by atoms with E-state index in [-0.39, 0.29) is 6.03 Å². The zero-order valence-corrected chi connectivity index (χ0v) is 11.4. The van der Waals surface area contributed by atoms with Crippen molar-refractivity contribution in [2.24, 2.45) is 0 Å². The van der Waals surface area contributed by atoms with Crippen LogP contribution >= 0.6 is 0 Å². The van der Waals surface area contributed by atoms with Crippen molar-refractivity contribution in [3.8, 4) is 0 Å². The van der Waals surface area contributed by atoms with Crippen LogP contribution in [0, 0.1) is 0 Å². The topological polar surface area (TPSA) is 62.2 Å². The summed E-state index contributed by atoms with van der Waals surface area (Å²) in [6.07, 6.45) is 4.91. The van der Waals surface area contributed by atoms with Crippen LogP contribution in [-0.4, -0.2) is 47.7 Å². The molecule has 0 saturated carbocycles. The van der Waals surface area contributed by atoms with Gasteiger partial charge in [-0.1, -0.05) is 6.92 Å². The van der Waals surface area contributed by atoms with E-state index in [1.165, 1.54) is 4.90 Å². The van der Waals surface area contributed by atoms with Gasteiger partial charge >= 0.3 is 6.03 Å². The van der Waals surface area contributed by atoms with Gasteiger partial charge in [0.15, 0.2) is 0 Å². The van der Waals surface area contributed by atoms with Crippen LogP contribution in [0.25, 0.3) is 0 Å². The molecule has 102 valence electrons. The smallest absolute Gasteiger partial charge is 0.316 e. The zero-order valence-electron chi connectivity index (χ0n) is 11.4. The molecule has 2 N–H and O–H groups in total. The second-order valence-electron chi connectivity index (χ2n) is 4.34. The molecule has 6 nitrogen and oxygen atoms in total. The number of nitrogens with zero attached hydrogens (tertiary/aromatic N) is 3. The van der Waals surface area contributed by atoms with Crippen LogP contribution in [0.4, 0.5) is 4.79 Å². The van der Waals surface area contributed by atoms with Crippen LogP contribution in [-0.2, 0) is 13.1 Å². The number of rotatable bonds is 7. The highest BCUT2D eigenvalue weighted by Gasteiger charge is 2.02. The molecule has 0 atom stereocenters. The lowest BCUT2D eigenvalue weighted by molar-refractivity contribution is 0.217. The molecule has 2 amide bonds. The monoisotopic (exact) mass is 253 g/mol.